The highest BCUT2D eigenvalue weighted by Gasteiger charge is 2.50. The number of nitrogens with zero attached hydrogens (tertiary/aromatic N) is 2. The van der Waals surface area contributed by atoms with Gasteiger partial charge in [0.25, 0.3) is 5.91 Å². The number of anilines is 1. The first-order valence-corrected chi connectivity index (χ1v) is 11.3. The van der Waals surface area contributed by atoms with Gasteiger partial charge in [0.05, 0.1) is 33.8 Å². The van der Waals surface area contributed by atoms with E-state index in [1.807, 2.05) is 0 Å². The van der Waals surface area contributed by atoms with Crippen LogP contribution in [0.3, 0.4) is 0 Å². The van der Waals surface area contributed by atoms with Crippen LogP contribution in [0.2, 0.25) is 0 Å². The van der Waals surface area contributed by atoms with Gasteiger partial charge in [-0.05, 0) is 76.5 Å². The number of carbonyl (C=O) groups is 1. The Kier molecular flexibility index (Phi) is 5.13. The monoisotopic (exact) mass is 454 g/mol. The largest absolute Gasteiger partial charge is 0.755 e. The summed E-state index contributed by atoms with van der Waals surface area (Å²) in [6.07, 6.45) is 0.189. The summed E-state index contributed by atoms with van der Waals surface area (Å²) in [5.41, 5.74) is -3.06. The first-order chi connectivity index (χ1) is 14.4. The van der Waals surface area contributed by atoms with E-state index in [0.717, 1.165) is 22.5 Å². The number of carbonyl (C=O) groups excluding carboxylic acids is 1. The van der Waals surface area contributed by atoms with Crippen LogP contribution in [0.1, 0.15) is 74.2 Å². The van der Waals surface area contributed by atoms with Crippen molar-refractivity contribution >= 4 is 22.9 Å². The molecule has 1 amide bonds. The molecule has 4 fully saturated rings. The Labute approximate surface area is 181 Å². The normalized spacial score (nSPS) is 29.7. The van der Waals surface area contributed by atoms with Crippen molar-refractivity contribution in [1.82, 2.24) is 5.32 Å². The number of hydrogen-bond acceptors (Lipinski definition) is 4. The summed E-state index contributed by atoms with van der Waals surface area (Å²) in [7, 11) is 0. The molecule has 1 atom stereocenters. The van der Waals surface area contributed by atoms with Crippen molar-refractivity contribution < 1.29 is 26.7 Å². The number of nitriles is 1. The fourth-order valence-corrected chi connectivity index (χ4v) is 5.71. The Morgan fingerprint density at radius 2 is 1.74 bits per heavy atom. The molecular weight excluding hydrogens is 431 g/mol. The molecule has 1 N–H and O–H groups in total. The molecule has 168 valence electrons. The second-order valence-electron chi connectivity index (χ2n) is 9.36. The maximum absolute atomic E-state index is 13.3. The van der Waals surface area contributed by atoms with Crippen molar-refractivity contribution in [2.24, 2.45) is 5.41 Å². The van der Waals surface area contributed by atoms with Gasteiger partial charge in [0.2, 0.25) is 0 Å². The molecule has 0 aromatic heterocycles. The molecule has 5 rings (SSSR count). The molecule has 1 aromatic rings. The highest BCUT2D eigenvalue weighted by molar-refractivity contribution is 7.80. The lowest BCUT2D eigenvalue weighted by Gasteiger charge is -2.50. The van der Waals surface area contributed by atoms with Crippen LogP contribution >= 0.6 is 0 Å². The van der Waals surface area contributed by atoms with E-state index >= 15 is 0 Å². The lowest BCUT2D eigenvalue weighted by Crippen LogP contribution is -2.56. The number of rotatable bonds is 5. The van der Waals surface area contributed by atoms with Gasteiger partial charge in [-0.1, -0.05) is 0 Å². The summed E-state index contributed by atoms with van der Waals surface area (Å²) in [5, 5.41) is 12.4. The van der Waals surface area contributed by atoms with Crippen LogP contribution < -0.4 is 9.62 Å². The fraction of sp³-hybridized carbons (Fsp3) is 0.619. The van der Waals surface area contributed by atoms with Crippen LogP contribution in [0.4, 0.5) is 18.9 Å². The first-order valence-electron chi connectivity index (χ1n) is 10.3. The predicted molar refractivity (Wildman–Crippen MR) is 106 cm³/mol. The lowest BCUT2D eigenvalue weighted by atomic mass is 9.58. The maximum Gasteiger partial charge on any atom is 0.416 e. The molecule has 31 heavy (non-hydrogen) atoms. The van der Waals surface area contributed by atoms with Gasteiger partial charge in [0.1, 0.15) is 0 Å². The van der Waals surface area contributed by atoms with Crippen molar-refractivity contribution in [2.45, 2.75) is 75.5 Å². The van der Waals surface area contributed by atoms with Crippen LogP contribution in [0, 0.1) is 16.7 Å². The zero-order valence-corrected chi connectivity index (χ0v) is 17.9. The number of halogens is 3. The zero-order valence-electron chi connectivity index (χ0n) is 17.1. The summed E-state index contributed by atoms with van der Waals surface area (Å²) in [5.74, 6) is -0.588. The van der Waals surface area contributed by atoms with E-state index in [1.165, 1.54) is 0 Å². The van der Waals surface area contributed by atoms with Crippen molar-refractivity contribution in [3.63, 3.8) is 0 Å². The van der Waals surface area contributed by atoms with E-state index in [2.05, 4.69) is 11.4 Å². The topological polar surface area (TPSA) is 96.3 Å². The van der Waals surface area contributed by atoms with Crippen molar-refractivity contribution in [1.29, 1.82) is 5.26 Å². The van der Waals surface area contributed by atoms with Crippen LogP contribution in [0.15, 0.2) is 18.2 Å². The molecule has 0 heterocycles. The summed E-state index contributed by atoms with van der Waals surface area (Å²) in [6, 6.07) is 5.00. The molecule has 0 aliphatic heterocycles. The molecule has 4 aliphatic carbocycles. The molecule has 1 aromatic carbocycles. The van der Waals surface area contributed by atoms with Gasteiger partial charge < -0.3 is 9.87 Å². The van der Waals surface area contributed by atoms with Gasteiger partial charge >= 0.3 is 6.18 Å². The Balaban J connectivity index is 1.68. The fourth-order valence-electron chi connectivity index (χ4n) is 4.85. The van der Waals surface area contributed by atoms with E-state index in [-0.39, 0.29) is 16.7 Å². The number of hydrogen-bond donors (Lipinski definition) is 1. The highest BCUT2D eigenvalue weighted by Crippen LogP contribution is 2.52. The van der Waals surface area contributed by atoms with Crippen molar-refractivity contribution in [3.05, 3.63) is 29.3 Å². The molecule has 0 spiro atoms. The summed E-state index contributed by atoms with van der Waals surface area (Å²) < 4.78 is 64.9. The molecule has 0 radical (unpaired) electrons. The van der Waals surface area contributed by atoms with Gasteiger partial charge in [0, 0.05) is 16.8 Å². The van der Waals surface area contributed by atoms with E-state index < -0.39 is 40.0 Å². The number of alkyl halides is 3. The number of benzene rings is 1. The van der Waals surface area contributed by atoms with Crippen LogP contribution in [-0.2, 0) is 17.4 Å². The number of nitrogens with one attached hydrogen (secondary N) is 1. The molecule has 0 saturated heterocycles. The standard InChI is InChI=1S/C21H24F3N3O3S/c1-18(4-5-18)27(31(29)30)16-12-14(21(22,23)24)2-3-15(16)17(28)26-20-9-6-19(13-25,7-10-20)8-11-20/h2-3,12H,4-11H2,1H3,(H,26,28)(H,29,30)/p-1. The van der Waals surface area contributed by atoms with E-state index in [9.17, 15) is 32.0 Å². The predicted octanol–water partition coefficient (Wildman–Crippen LogP) is 4.20. The Morgan fingerprint density at radius 1 is 1.16 bits per heavy atom. The lowest BCUT2D eigenvalue weighted by molar-refractivity contribution is -0.137. The molecular formula is C21H23F3N3O3S-. The average molecular weight is 454 g/mol. The Hall–Kier alpha value is -2.12. The highest BCUT2D eigenvalue weighted by atomic mass is 32.2. The zero-order chi connectivity index (χ0) is 22.7. The number of amides is 1. The molecule has 6 nitrogen and oxygen atoms in total. The first kappa shape index (κ1) is 22.1. The van der Waals surface area contributed by atoms with Gasteiger partial charge in [0.15, 0.2) is 0 Å². The summed E-state index contributed by atoms with van der Waals surface area (Å²) in [6.45, 7) is 1.65. The minimum absolute atomic E-state index is 0.0950. The van der Waals surface area contributed by atoms with E-state index in [0.29, 0.717) is 51.4 Å². The SMILES string of the molecule is CC1(N(c2cc(C(F)(F)F)ccc2C(=O)NC23CCC(C#N)(CC2)CC3)S(=O)[O-])CC1. The minimum Gasteiger partial charge on any atom is -0.755 e. The molecule has 2 bridgehead atoms. The van der Waals surface area contributed by atoms with Gasteiger partial charge in [-0.15, -0.1) is 0 Å². The van der Waals surface area contributed by atoms with Crippen LogP contribution in [0.25, 0.3) is 0 Å². The minimum atomic E-state index is -4.67. The molecule has 1 unspecified atom stereocenters. The Bertz CT molecular complexity index is 960. The van der Waals surface area contributed by atoms with E-state index in [1.54, 1.807) is 6.92 Å². The third kappa shape index (κ3) is 3.94. The quantitative estimate of drug-likeness (QED) is 0.675. The van der Waals surface area contributed by atoms with Gasteiger partial charge in [-0.25, -0.2) is 0 Å². The van der Waals surface area contributed by atoms with Crippen LogP contribution in [-0.4, -0.2) is 25.7 Å². The average Bonchev–Trinajstić information content (AvgIpc) is 3.45. The smallest absolute Gasteiger partial charge is 0.416 e. The van der Waals surface area contributed by atoms with Gasteiger partial charge in [-0.3, -0.25) is 13.3 Å². The second-order valence-corrected chi connectivity index (χ2v) is 10.2. The van der Waals surface area contributed by atoms with Crippen molar-refractivity contribution in [3.8, 4) is 6.07 Å². The Morgan fingerprint density at radius 3 is 2.19 bits per heavy atom. The molecule has 10 heteroatoms. The van der Waals surface area contributed by atoms with Gasteiger partial charge in [-0.2, -0.15) is 18.4 Å². The third-order valence-corrected chi connectivity index (χ3v) is 8.20. The summed E-state index contributed by atoms with van der Waals surface area (Å²) in [4.78, 5) is 13.2. The molecule has 4 saturated carbocycles. The maximum atomic E-state index is 13.3. The van der Waals surface area contributed by atoms with Crippen molar-refractivity contribution in [2.75, 3.05) is 4.31 Å². The second kappa shape index (κ2) is 7.20. The summed E-state index contributed by atoms with van der Waals surface area (Å²) >= 11 is -2.84. The van der Waals surface area contributed by atoms with E-state index in [4.69, 9.17) is 0 Å². The number of fused-ring (bicyclic) bond motifs is 3. The van der Waals surface area contributed by atoms with Crippen LogP contribution in [0.5, 0.6) is 0 Å². The third-order valence-electron chi connectivity index (χ3n) is 7.26. The molecule has 4 aliphatic rings.